The molecular weight excluding hydrogens is 407 g/mol. The van der Waals surface area contributed by atoms with Gasteiger partial charge in [0.05, 0.1) is 5.39 Å². The number of nitrogens with one attached hydrogen (secondary N) is 1. The van der Waals surface area contributed by atoms with Gasteiger partial charge in [-0.05, 0) is 74.5 Å². The summed E-state index contributed by atoms with van der Waals surface area (Å²) in [5.74, 6) is -0.117. The van der Waals surface area contributed by atoms with Gasteiger partial charge in [-0.25, -0.2) is 4.98 Å². The van der Waals surface area contributed by atoms with Crippen molar-refractivity contribution >= 4 is 11.0 Å². The standard InChI is InChI=1S/C22H26F3N5O/c1-3-14(2)30-20-19(21(31)28-30)17(12-18(27-20)22(23,24)25)16-6-10-29(11-7-16)13-15-4-8-26-9-5-15/h4-5,8-9,12,14,16H,3,6-7,10-11,13H2,1-2H3,(H,28,31)/t14-/m0/s1. The lowest BCUT2D eigenvalue weighted by atomic mass is 9.87. The van der Waals surface area contributed by atoms with E-state index in [2.05, 4.69) is 20.0 Å². The molecule has 4 rings (SSSR count). The second-order valence-corrected chi connectivity index (χ2v) is 8.27. The van der Waals surface area contributed by atoms with Gasteiger partial charge >= 0.3 is 6.18 Å². The van der Waals surface area contributed by atoms with Crippen LogP contribution in [0.3, 0.4) is 0 Å². The van der Waals surface area contributed by atoms with Gasteiger partial charge in [0.2, 0.25) is 0 Å². The van der Waals surface area contributed by atoms with Crippen molar-refractivity contribution in [3.05, 3.63) is 57.8 Å². The molecule has 6 nitrogen and oxygen atoms in total. The fourth-order valence-corrected chi connectivity index (χ4v) is 4.29. The van der Waals surface area contributed by atoms with E-state index in [4.69, 9.17) is 0 Å². The number of pyridine rings is 2. The van der Waals surface area contributed by atoms with Crippen LogP contribution in [0.25, 0.3) is 11.0 Å². The fourth-order valence-electron chi connectivity index (χ4n) is 4.29. The van der Waals surface area contributed by atoms with Crippen molar-refractivity contribution in [2.45, 2.75) is 57.8 Å². The number of H-pyrrole nitrogens is 1. The van der Waals surface area contributed by atoms with E-state index in [9.17, 15) is 18.0 Å². The van der Waals surface area contributed by atoms with Crippen LogP contribution in [-0.2, 0) is 12.7 Å². The van der Waals surface area contributed by atoms with Gasteiger partial charge in [0.25, 0.3) is 5.56 Å². The number of likely N-dealkylation sites (tertiary alicyclic amines) is 1. The maximum atomic E-state index is 13.6. The van der Waals surface area contributed by atoms with Crippen LogP contribution < -0.4 is 5.56 Å². The molecule has 0 bridgehead atoms. The van der Waals surface area contributed by atoms with Gasteiger partial charge in [0.15, 0.2) is 5.65 Å². The zero-order chi connectivity index (χ0) is 22.2. The smallest absolute Gasteiger partial charge is 0.299 e. The van der Waals surface area contributed by atoms with E-state index in [-0.39, 0.29) is 23.2 Å². The zero-order valence-electron chi connectivity index (χ0n) is 17.6. The molecule has 1 saturated heterocycles. The second kappa shape index (κ2) is 8.45. The van der Waals surface area contributed by atoms with Gasteiger partial charge in [0.1, 0.15) is 5.69 Å². The van der Waals surface area contributed by atoms with Gasteiger partial charge < -0.3 is 0 Å². The predicted octanol–water partition coefficient (Wildman–Crippen LogP) is 4.49. The lowest BCUT2D eigenvalue weighted by Crippen LogP contribution is -2.32. The molecule has 1 atom stereocenters. The van der Waals surface area contributed by atoms with Gasteiger partial charge in [-0.2, -0.15) is 13.2 Å². The Morgan fingerprint density at radius 3 is 2.52 bits per heavy atom. The predicted molar refractivity (Wildman–Crippen MR) is 112 cm³/mol. The van der Waals surface area contributed by atoms with E-state index in [1.54, 1.807) is 12.4 Å². The number of hydrogen-bond donors (Lipinski definition) is 1. The highest BCUT2D eigenvalue weighted by Gasteiger charge is 2.36. The summed E-state index contributed by atoms with van der Waals surface area (Å²) in [7, 11) is 0. The minimum atomic E-state index is -4.57. The summed E-state index contributed by atoms with van der Waals surface area (Å²) in [6.45, 7) is 6.06. The van der Waals surface area contributed by atoms with Crippen LogP contribution in [0.4, 0.5) is 13.2 Å². The van der Waals surface area contributed by atoms with E-state index in [0.717, 1.165) is 31.3 Å². The van der Waals surface area contributed by atoms with Crippen molar-refractivity contribution in [3.63, 3.8) is 0 Å². The van der Waals surface area contributed by atoms with Crippen LogP contribution in [0.1, 0.15) is 61.9 Å². The van der Waals surface area contributed by atoms with E-state index < -0.39 is 11.9 Å². The van der Waals surface area contributed by atoms with Crippen molar-refractivity contribution in [2.24, 2.45) is 0 Å². The molecule has 31 heavy (non-hydrogen) atoms. The van der Waals surface area contributed by atoms with Crippen LogP contribution in [0.5, 0.6) is 0 Å². The lowest BCUT2D eigenvalue weighted by Gasteiger charge is -2.32. The van der Waals surface area contributed by atoms with Crippen LogP contribution in [-0.4, -0.2) is 37.7 Å². The summed E-state index contributed by atoms with van der Waals surface area (Å²) in [6, 6.07) is 4.86. The second-order valence-electron chi connectivity index (χ2n) is 8.27. The molecular formula is C22H26F3N5O. The number of aromatic amines is 1. The highest BCUT2D eigenvalue weighted by atomic mass is 19.4. The number of alkyl halides is 3. The van der Waals surface area contributed by atoms with Crippen molar-refractivity contribution in [1.29, 1.82) is 0 Å². The Hall–Kier alpha value is -2.68. The summed E-state index contributed by atoms with van der Waals surface area (Å²) >= 11 is 0. The summed E-state index contributed by atoms with van der Waals surface area (Å²) in [5.41, 5.74) is 0.407. The Bertz CT molecular complexity index is 1100. The summed E-state index contributed by atoms with van der Waals surface area (Å²) in [4.78, 5) is 22.9. The maximum absolute atomic E-state index is 13.6. The van der Waals surface area contributed by atoms with Crippen LogP contribution >= 0.6 is 0 Å². The SMILES string of the molecule is CC[C@H](C)n1[nH]c(=O)c2c(C3CCN(Cc4ccncc4)CC3)cc(C(F)(F)F)nc21. The molecule has 0 spiro atoms. The topological polar surface area (TPSA) is 66.8 Å². The lowest BCUT2D eigenvalue weighted by molar-refractivity contribution is -0.141. The molecule has 4 heterocycles. The third-order valence-electron chi connectivity index (χ3n) is 6.21. The normalized spacial score (nSPS) is 17.3. The number of hydrogen-bond acceptors (Lipinski definition) is 4. The monoisotopic (exact) mass is 433 g/mol. The number of fused-ring (bicyclic) bond motifs is 1. The summed E-state index contributed by atoms with van der Waals surface area (Å²) < 4.78 is 42.3. The van der Waals surface area contributed by atoms with Crippen molar-refractivity contribution in [2.75, 3.05) is 13.1 Å². The first-order valence-corrected chi connectivity index (χ1v) is 10.6. The van der Waals surface area contributed by atoms with Crippen LogP contribution in [0, 0.1) is 0 Å². The average Bonchev–Trinajstić information content (AvgIpc) is 3.10. The highest BCUT2D eigenvalue weighted by molar-refractivity contribution is 5.80. The maximum Gasteiger partial charge on any atom is 0.433 e. The molecule has 0 saturated carbocycles. The molecule has 1 aliphatic heterocycles. The quantitative estimate of drug-likeness (QED) is 0.644. The first-order chi connectivity index (χ1) is 14.8. The van der Waals surface area contributed by atoms with Gasteiger partial charge in [-0.1, -0.05) is 6.92 Å². The number of nitrogens with zero attached hydrogens (tertiary/aromatic N) is 4. The minimum Gasteiger partial charge on any atom is -0.299 e. The Balaban J connectivity index is 1.67. The van der Waals surface area contributed by atoms with Gasteiger partial charge in [-0.3, -0.25) is 24.5 Å². The molecule has 166 valence electrons. The molecule has 1 aliphatic rings. The Labute approximate surface area is 178 Å². The number of piperidine rings is 1. The van der Waals surface area contributed by atoms with Crippen molar-refractivity contribution in [1.82, 2.24) is 24.6 Å². The fraction of sp³-hybridized carbons (Fsp3) is 0.500. The summed E-state index contributed by atoms with van der Waals surface area (Å²) in [6.07, 6.45) is 0.981. The Morgan fingerprint density at radius 2 is 1.90 bits per heavy atom. The molecule has 1 fully saturated rings. The molecule has 0 amide bonds. The average molecular weight is 433 g/mol. The van der Waals surface area contributed by atoms with Crippen LogP contribution in [0.2, 0.25) is 0 Å². The van der Waals surface area contributed by atoms with E-state index in [0.29, 0.717) is 30.2 Å². The van der Waals surface area contributed by atoms with Crippen molar-refractivity contribution < 1.29 is 13.2 Å². The van der Waals surface area contributed by atoms with Crippen molar-refractivity contribution in [3.8, 4) is 0 Å². The molecule has 9 heteroatoms. The van der Waals surface area contributed by atoms with E-state index >= 15 is 0 Å². The number of halogens is 3. The minimum absolute atomic E-state index is 0.100. The van der Waals surface area contributed by atoms with Crippen LogP contribution in [0.15, 0.2) is 35.4 Å². The summed E-state index contributed by atoms with van der Waals surface area (Å²) in [5, 5.41) is 3.01. The Morgan fingerprint density at radius 1 is 1.23 bits per heavy atom. The third kappa shape index (κ3) is 4.37. The van der Waals surface area contributed by atoms with Gasteiger partial charge in [-0.15, -0.1) is 0 Å². The zero-order valence-corrected chi connectivity index (χ0v) is 17.6. The number of aromatic nitrogens is 4. The van der Waals surface area contributed by atoms with E-state index in [1.165, 1.54) is 4.68 Å². The number of rotatable bonds is 5. The molecule has 3 aromatic heterocycles. The first-order valence-electron chi connectivity index (χ1n) is 10.6. The molecule has 0 radical (unpaired) electrons. The molecule has 1 N–H and O–H groups in total. The molecule has 0 aromatic carbocycles. The van der Waals surface area contributed by atoms with E-state index in [1.807, 2.05) is 26.0 Å². The largest absolute Gasteiger partial charge is 0.433 e. The third-order valence-corrected chi connectivity index (χ3v) is 6.21. The highest BCUT2D eigenvalue weighted by Crippen LogP contribution is 2.37. The molecule has 0 aliphatic carbocycles. The molecule has 0 unspecified atom stereocenters. The first kappa shape index (κ1) is 21.5. The van der Waals surface area contributed by atoms with Gasteiger partial charge in [0, 0.05) is 25.0 Å². The Kier molecular flexibility index (Phi) is 5.88. The molecule has 3 aromatic rings.